The Hall–Kier alpha value is -1.87. The van der Waals surface area contributed by atoms with Gasteiger partial charge in [0, 0.05) is 13.5 Å². The van der Waals surface area contributed by atoms with Gasteiger partial charge in [-0.25, -0.2) is 14.5 Å². The maximum atomic E-state index is 12.6. The maximum absolute atomic E-state index is 12.6. The number of ether oxygens (including phenoxy) is 4. The standard InChI is InChI=1S/C17H31NO8/c1-16(2,3)25-14(21)18(15(22)26-17(4,5)6)11(13(20)24-8)9-10-12(19)23-7/h11,13,20H,9-10H2,1-8H3/t11-,13?/m0/s1. The molecule has 0 heterocycles. The van der Waals surface area contributed by atoms with E-state index in [2.05, 4.69) is 4.74 Å². The first-order valence-corrected chi connectivity index (χ1v) is 8.24. The molecule has 0 bridgehead atoms. The van der Waals surface area contributed by atoms with E-state index in [9.17, 15) is 19.5 Å². The molecule has 9 nitrogen and oxygen atoms in total. The molecule has 1 N–H and O–H groups in total. The van der Waals surface area contributed by atoms with Gasteiger partial charge in [0.2, 0.25) is 0 Å². The molecule has 152 valence electrons. The Bertz CT molecular complexity index is 464. The van der Waals surface area contributed by atoms with Crippen LogP contribution in [-0.2, 0) is 23.7 Å². The predicted octanol–water partition coefficient (Wildman–Crippen LogP) is 2.45. The van der Waals surface area contributed by atoms with Gasteiger partial charge in [0.15, 0.2) is 6.29 Å². The average Bonchev–Trinajstić information content (AvgIpc) is 2.46. The first kappa shape index (κ1) is 24.1. The van der Waals surface area contributed by atoms with Crippen molar-refractivity contribution in [1.29, 1.82) is 0 Å². The molecule has 0 spiro atoms. The molecule has 0 radical (unpaired) electrons. The molecule has 9 heteroatoms. The van der Waals surface area contributed by atoms with E-state index in [1.807, 2.05) is 0 Å². The van der Waals surface area contributed by atoms with Crippen LogP contribution in [-0.4, -0.2) is 65.9 Å². The van der Waals surface area contributed by atoms with E-state index in [1.165, 1.54) is 14.2 Å². The number of methoxy groups -OCH3 is 2. The van der Waals surface area contributed by atoms with Gasteiger partial charge in [-0.05, 0) is 48.0 Å². The van der Waals surface area contributed by atoms with Gasteiger partial charge in [0.25, 0.3) is 0 Å². The maximum Gasteiger partial charge on any atom is 0.420 e. The second-order valence-electron chi connectivity index (χ2n) is 7.64. The minimum atomic E-state index is -1.54. The van der Waals surface area contributed by atoms with Gasteiger partial charge in [-0.2, -0.15) is 0 Å². The van der Waals surface area contributed by atoms with Crippen molar-refractivity contribution < 1.29 is 38.4 Å². The van der Waals surface area contributed by atoms with Crippen LogP contribution in [0.15, 0.2) is 0 Å². The predicted molar refractivity (Wildman–Crippen MR) is 92.4 cm³/mol. The van der Waals surface area contributed by atoms with Crippen LogP contribution in [0.25, 0.3) is 0 Å². The van der Waals surface area contributed by atoms with Crippen LogP contribution in [0.5, 0.6) is 0 Å². The Balaban J connectivity index is 5.73. The SMILES string of the molecule is COC(=O)CC[C@@H](C(O)OC)N(C(=O)OC(C)(C)C)C(=O)OC(C)(C)C. The minimum absolute atomic E-state index is 0.0971. The summed E-state index contributed by atoms with van der Waals surface area (Å²) in [6, 6.07) is -1.20. The van der Waals surface area contributed by atoms with Gasteiger partial charge >= 0.3 is 18.2 Å². The van der Waals surface area contributed by atoms with Crippen LogP contribution in [0.3, 0.4) is 0 Å². The number of imide groups is 1. The summed E-state index contributed by atoms with van der Waals surface area (Å²) in [4.78, 5) is 37.2. The van der Waals surface area contributed by atoms with Crippen LogP contribution in [0, 0.1) is 0 Å². The second-order valence-corrected chi connectivity index (χ2v) is 7.64. The zero-order valence-corrected chi connectivity index (χ0v) is 16.8. The monoisotopic (exact) mass is 377 g/mol. The molecule has 2 atom stereocenters. The van der Waals surface area contributed by atoms with Crippen molar-refractivity contribution in [2.75, 3.05) is 14.2 Å². The molecular weight excluding hydrogens is 346 g/mol. The molecule has 0 fully saturated rings. The van der Waals surface area contributed by atoms with Crippen molar-refractivity contribution in [3.8, 4) is 0 Å². The molecular formula is C17H31NO8. The molecule has 2 amide bonds. The summed E-state index contributed by atoms with van der Waals surface area (Å²) in [5.41, 5.74) is -1.77. The lowest BCUT2D eigenvalue weighted by molar-refractivity contribution is -0.144. The number of amides is 2. The Labute approximate surface area is 154 Å². The lowest BCUT2D eigenvalue weighted by atomic mass is 10.1. The number of nitrogens with zero attached hydrogens (tertiary/aromatic N) is 1. The third-order valence-corrected chi connectivity index (χ3v) is 2.95. The number of esters is 1. The molecule has 0 aromatic rings. The third-order valence-electron chi connectivity index (χ3n) is 2.95. The van der Waals surface area contributed by atoms with Gasteiger partial charge in [-0.15, -0.1) is 0 Å². The van der Waals surface area contributed by atoms with Crippen LogP contribution in [0.4, 0.5) is 9.59 Å². The Morgan fingerprint density at radius 2 is 1.35 bits per heavy atom. The van der Waals surface area contributed by atoms with Crippen molar-refractivity contribution in [3.63, 3.8) is 0 Å². The largest absolute Gasteiger partial charge is 0.469 e. The van der Waals surface area contributed by atoms with Gasteiger partial charge in [0.05, 0.1) is 13.2 Å². The highest BCUT2D eigenvalue weighted by Crippen LogP contribution is 2.21. The molecule has 0 saturated heterocycles. The van der Waals surface area contributed by atoms with E-state index in [-0.39, 0.29) is 12.8 Å². The number of carbonyl (C=O) groups is 3. The molecule has 1 unspecified atom stereocenters. The zero-order chi connectivity index (χ0) is 20.7. The summed E-state index contributed by atoms with van der Waals surface area (Å²) in [5.74, 6) is -0.563. The summed E-state index contributed by atoms with van der Waals surface area (Å²) >= 11 is 0. The smallest absolute Gasteiger partial charge is 0.420 e. The lowest BCUT2D eigenvalue weighted by Gasteiger charge is -2.34. The van der Waals surface area contributed by atoms with E-state index < -0.39 is 41.7 Å². The number of aliphatic hydroxyl groups is 1. The molecule has 0 aliphatic carbocycles. The van der Waals surface area contributed by atoms with Gasteiger partial charge < -0.3 is 24.1 Å². The molecule has 0 saturated carbocycles. The fourth-order valence-electron chi connectivity index (χ4n) is 1.89. The second kappa shape index (κ2) is 9.72. The first-order valence-electron chi connectivity index (χ1n) is 8.24. The number of hydrogen-bond acceptors (Lipinski definition) is 8. The van der Waals surface area contributed by atoms with E-state index in [4.69, 9.17) is 14.2 Å². The highest BCUT2D eigenvalue weighted by atomic mass is 16.6. The van der Waals surface area contributed by atoms with Crippen LogP contribution in [0.1, 0.15) is 54.4 Å². The van der Waals surface area contributed by atoms with Crippen LogP contribution >= 0.6 is 0 Å². The van der Waals surface area contributed by atoms with Crippen molar-refractivity contribution in [2.45, 2.75) is 77.9 Å². The van der Waals surface area contributed by atoms with Crippen LogP contribution in [0.2, 0.25) is 0 Å². The van der Waals surface area contributed by atoms with Gasteiger partial charge in [-0.3, -0.25) is 4.79 Å². The first-order chi connectivity index (χ1) is 11.7. The average molecular weight is 377 g/mol. The van der Waals surface area contributed by atoms with Crippen molar-refractivity contribution in [3.05, 3.63) is 0 Å². The molecule has 26 heavy (non-hydrogen) atoms. The van der Waals surface area contributed by atoms with Gasteiger partial charge in [0.1, 0.15) is 11.2 Å². The van der Waals surface area contributed by atoms with Crippen molar-refractivity contribution in [2.24, 2.45) is 0 Å². The number of aliphatic hydroxyl groups excluding tert-OH is 1. The molecule has 0 aliphatic heterocycles. The Morgan fingerprint density at radius 1 is 0.923 bits per heavy atom. The molecule has 0 aromatic carbocycles. The highest BCUT2D eigenvalue weighted by Gasteiger charge is 2.40. The molecule has 0 aliphatic rings. The summed E-state index contributed by atoms with van der Waals surface area (Å²) in [5, 5.41) is 10.1. The summed E-state index contributed by atoms with van der Waals surface area (Å²) in [7, 11) is 2.42. The molecule has 0 rings (SSSR count). The van der Waals surface area contributed by atoms with Gasteiger partial charge in [-0.1, -0.05) is 0 Å². The van der Waals surface area contributed by atoms with E-state index in [1.54, 1.807) is 41.5 Å². The fourth-order valence-corrected chi connectivity index (χ4v) is 1.89. The van der Waals surface area contributed by atoms with Crippen molar-refractivity contribution >= 4 is 18.2 Å². The summed E-state index contributed by atoms with van der Waals surface area (Å²) in [6.07, 6.45) is -3.82. The molecule has 0 aromatic heterocycles. The Kier molecular flexibility index (Phi) is 9.03. The Morgan fingerprint density at radius 3 is 1.65 bits per heavy atom. The quantitative estimate of drug-likeness (QED) is 0.427. The van der Waals surface area contributed by atoms with Crippen LogP contribution < -0.4 is 0 Å². The number of rotatable bonds is 6. The van der Waals surface area contributed by atoms with E-state index >= 15 is 0 Å². The zero-order valence-electron chi connectivity index (χ0n) is 16.8. The highest BCUT2D eigenvalue weighted by molar-refractivity contribution is 5.88. The van der Waals surface area contributed by atoms with Crippen molar-refractivity contribution in [1.82, 2.24) is 4.90 Å². The minimum Gasteiger partial charge on any atom is -0.469 e. The number of hydrogen-bond donors (Lipinski definition) is 1. The third kappa shape index (κ3) is 9.00. The lowest BCUT2D eigenvalue weighted by Crippen LogP contribution is -2.53. The van der Waals surface area contributed by atoms with E-state index in [0.717, 1.165) is 0 Å². The summed E-state index contributed by atoms with van der Waals surface area (Å²) in [6.45, 7) is 9.80. The van der Waals surface area contributed by atoms with E-state index in [0.29, 0.717) is 4.90 Å². The fraction of sp³-hybridized carbons (Fsp3) is 0.824. The normalized spacial score (nSPS) is 14.2. The topological polar surface area (TPSA) is 112 Å². The summed E-state index contributed by atoms with van der Waals surface area (Å²) < 4.78 is 19.9. The number of carbonyl (C=O) groups excluding carboxylic acids is 3.